The monoisotopic (exact) mass is 417 g/mol. The van der Waals surface area contributed by atoms with E-state index >= 15 is 0 Å². The molecule has 2 aromatic carbocycles. The van der Waals surface area contributed by atoms with E-state index in [0.29, 0.717) is 34.5 Å². The minimum absolute atomic E-state index is 0.193. The number of carbonyl (C=O) groups excluding carboxylic acids is 1. The lowest BCUT2D eigenvalue weighted by atomic mass is 10.2. The lowest BCUT2D eigenvalue weighted by molar-refractivity contribution is 0.0945. The number of para-hydroxylation sites is 1. The number of carbonyl (C=O) groups is 1. The Balaban J connectivity index is 1.52. The smallest absolute Gasteiger partial charge is 0.252 e. The number of rotatable bonds is 7. The molecule has 0 saturated carbocycles. The third-order valence-electron chi connectivity index (χ3n) is 4.15. The molecule has 0 fully saturated rings. The Morgan fingerprint density at radius 3 is 2.57 bits per heavy atom. The number of nitrogens with one attached hydrogen (secondary N) is 1. The highest BCUT2D eigenvalue weighted by atomic mass is 32.2. The van der Waals surface area contributed by atoms with Crippen LogP contribution in [-0.2, 0) is 6.54 Å². The van der Waals surface area contributed by atoms with Crippen molar-refractivity contribution in [2.75, 3.05) is 0 Å². The maximum Gasteiger partial charge on any atom is 0.252 e. The van der Waals surface area contributed by atoms with Gasteiger partial charge in [-0.1, -0.05) is 42.1 Å². The average Bonchev–Trinajstić information content (AvgIpc) is 3.20. The lowest BCUT2D eigenvalue weighted by Crippen LogP contribution is -2.23. The van der Waals surface area contributed by atoms with Crippen LogP contribution in [0.1, 0.15) is 21.9 Å². The summed E-state index contributed by atoms with van der Waals surface area (Å²) >= 11 is 1.33. The van der Waals surface area contributed by atoms with E-state index in [-0.39, 0.29) is 5.91 Å². The Labute approximate surface area is 178 Å². The Kier molecular flexibility index (Phi) is 6.10. The maximum absolute atomic E-state index is 12.8. The van der Waals surface area contributed by atoms with Crippen molar-refractivity contribution < 1.29 is 13.9 Å². The van der Waals surface area contributed by atoms with Crippen molar-refractivity contribution in [3.8, 4) is 11.6 Å². The van der Waals surface area contributed by atoms with Gasteiger partial charge in [0.05, 0.1) is 12.1 Å². The topological polar surface area (TPSA) is 77.2 Å². The number of nitrogens with zero attached hydrogens (tertiary/aromatic N) is 2. The van der Waals surface area contributed by atoms with Crippen molar-refractivity contribution in [3.05, 3.63) is 96.2 Å². The van der Waals surface area contributed by atoms with Crippen LogP contribution in [0.25, 0.3) is 0 Å². The van der Waals surface area contributed by atoms with E-state index in [4.69, 9.17) is 9.15 Å². The largest absolute Gasteiger partial charge is 0.465 e. The van der Waals surface area contributed by atoms with Gasteiger partial charge < -0.3 is 14.5 Å². The molecule has 0 bridgehead atoms. The number of ether oxygens (including phenoxy) is 1. The third-order valence-corrected chi connectivity index (χ3v) is 5.20. The van der Waals surface area contributed by atoms with E-state index in [0.717, 1.165) is 10.7 Å². The molecule has 0 aliphatic rings. The predicted octanol–water partition coefficient (Wildman–Crippen LogP) is 5.25. The van der Waals surface area contributed by atoms with Gasteiger partial charge in [-0.05, 0) is 43.3 Å². The summed E-state index contributed by atoms with van der Waals surface area (Å²) in [6.07, 6.45) is 3.18. The summed E-state index contributed by atoms with van der Waals surface area (Å²) in [5.41, 5.74) is 0.544. The van der Waals surface area contributed by atoms with Gasteiger partial charge in [-0.3, -0.25) is 4.79 Å². The van der Waals surface area contributed by atoms with Crippen molar-refractivity contribution in [3.63, 3.8) is 0 Å². The molecule has 0 aliphatic carbocycles. The summed E-state index contributed by atoms with van der Waals surface area (Å²) in [7, 11) is 0. The predicted molar refractivity (Wildman–Crippen MR) is 114 cm³/mol. The minimum atomic E-state index is -0.193. The van der Waals surface area contributed by atoms with E-state index in [1.807, 2.05) is 67.6 Å². The summed E-state index contributed by atoms with van der Waals surface area (Å²) in [4.78, 5) is 22.2. The molecule has 7 heteroatoms. The summed E-state index contributed by atoms with van der Waals surface area (Å²) < 4.78 is 11.4. The second kappa shape index (κ2) is 9.28. The molecule has 0 atom stereocenters. The van der Waals surface area contributed by atoms with Crippen LogP contribution < -0.4 is 10.1 Å². The van der Waals surface area contributed by atoms with Crippen LogP contribution in [0.15, 0.2) is 93.5 Å². The van der Waals surface area contributed by atoms with Gasteiger partial charge in [0.15, 0.2) is 5.03 Å². The van der Waals surface area contributed by atoms with Gasteiger partial charge in [-0.25, -0.2) is 9.97 Å². The first-order chi connectivity index (χ1) is 14.7. The molecule has 2 aromatic heterocycles. The number of benzene rings is 2. The fourth-order valence-corrected chi connectivity index (χ4v) is 3.66. The number of hydrogen-bond acceptors (Lipinski definition) is 6. The Morgan fingerprint density at radius 1 is 1.00 bits per heavy atom. The van der Waals surface area contributed by atoms with Crippen LogP contribution in [0, 0.1) is 6.92 Å². The van der Waals surface area contributed by atoms with Crippen molar-refractivity contribution in [1.82, 2.24) is 15.3 Å². The third kappa shape index (κ3) is 4.87. The van der Waals surface area contributed by atoms with Gasteiger partial charge in [0.1, 0.15) is 17.3 Å². The van der Waals surface area contributed by atoms with Crippen LogP contribution in [0.5, 0.6) is 11.6 Å². The molecule has 0 saturated heterocycles. The SMILES string of the molecule is Cc1ccc(CNC(=O)c2ccccc2Sc2nccnc2Oc2ccccc2)o1. The van der Waals surface area contributed by atoms with Gasteiger partial charge in [-0.2, -0.15) is 0 Å². The first-order valence-corrected chi connectivity index (χ1v) is 10.1. The van der Waals surface area contributed by atoms with Crippen molar-refractivity contribution in [2.45, 2.75) is 23.4 Å². The van der Waals surface area contributed by atoms with Crippen molar-refractivity contribution in [1.29, 1.82) is 0 Å². The van der Waals surface area contributed by atoms with Crippen LogP contribution >= 0.6 is 11.8 Å². The van der Waals surface area contributed by atoms with E-state index in [2.05, 4.69) is 15.3 Å². The molecular weight excluding hydrogens is 398 g/mol. The van der Waals surface area contributed by atoms with Gasteiger partial charge in [0.25, 0.3) is 11.8 Å². The summed E-state index contributed by atoms with van der Waals surface area (Å²) in [5.74, 6) is 2.37. The van der Waals surface area contributed by atoms with Crippen LogP contribution in [0.3, 0.4) is 0 Å². The van der Waals surface area contributed by atoms with Crippen molar-refractivity contribution in [2.24, 2.45) is 0 Å². The molecule has 1 amide bonds. The normalized spacial score (nSPS) is 10.6. The van der Waals surface area contributed by atoms with Crippen LogP contribution in [0.2, 0.25) is 0 Å². The fourth-order valence-electron chi connectivity index (χ4n) is 2.74. The van der Waals surface area contributed by atoms with E-state index in [1.54, 1.807) is 18.5 Å². The lowest BCUT2D eigenvalue weighted by Gasteiger charge is -2.11. The zero-order valence-electron chi connectivity index (χ0n) is 16.2. The second-order valence-corrected chi connectivity index (χ2v) is 7.41. The van der Waals surface area contributed by atoms with Gasteiger partial charge >= 0.3 is 0 Å². The molecule has 0 unspecified atom stereocenters. The quantitative estimate of drug-likeness (QED) is 0.442. The molecular formula is C23H19N3O3S. The molecule has 30 heavy (non-hydrogen) atoms. The standard InChI is InChI=1S/C23H19N3O3S/c1-16-11-12-18(28-16)15-26-21(27)19-9-5-6-10-20(19)30-23-22(24-13-14-25-23)29-17-7-3-2-4-8-17/h2-14H,15H2,1H3,(H,26,27). The molecule has 4 aromatic rings. The summed E-state index contributed by atoms with van der Waals surface area (Å²) in [5, 5.41) is 3.47. The van der Waals surface area contributed by atoms with E-state index in [9.17, 15) is 4.79 Å². The first kappa shape index (κ1) is 19.7. The van der Waals surface area contributed by atoms with Crippen LogP contribution in [-0.4, -0.2) is 15.9 Å². The molecule has 1 N–H and O–H groups in total. The zero-order valence-corrected chi connectivity index (χ0v) is 17.1. The average molecular weight is 417 g/mol. The van der Waals surface area contributed by atoms with E-state index in [1.165, 1.54) is 11.8 Å². The van der Waals surface area contributed by atoms with Gasteiger partial charge in [0, 0.05) is 17.3 Å². The highest BCUT2D eigenvalue weighted by Crippen LogP contribution is 2.35. The number of hydrogen-bond donors (Lipinski definition) is 1. The second-order valence-electron chi connectivity index (χ2n) is 6.38. The van der Waals surface area contributed by atoms with Gasteiger partial charge in [-0.15, -0.1) is 0 Å². The summed E-state index contributed by atoms with van der Waals surface area (Å²) in [6.45, 7) is 2.19. The minimum Gasteiger partial charge on any atom is -0.465 e. The Morgan fingerprint density at radius 2 is 1.77 bits per heavy atom. The Hall–Kier alpha value is -3.58. The highest BCUT2D eigenvalue weighted by Gasteiger charge is 2.16. The number of aromatic nitrogens is 2. The molecule has 4 rings (SSSR count). The molecule has 0 radical (unpaired) electrons. The molecule has 6 nitrogen and oxygen atoms in total. The summed E-state index contributed by atoms with van der Waals surface area (Å²) in [6, 6.07) is 20.5. The molecule has 0 spiro atoms. The molecule has 2 heterocycles. The Bertz CT molecular complexity index is 1150. The molecule has 0 aliphatic heterocycles. The van der Waals surface area contributed by atoms with Gasteiger partial charge in [0.2, 0.25) is 0 Å². The van der Waals surface area contributed by atoms with Crippen LogP contribution in [0.4, 0.5) is 0 Å². The van der Waals surface area contributed by atoms with E-state index < -0.39 is 0 Å². The first-order valence-electron chi connectivity index (χ1n) is 9.33. The maximum atomic E-state index is 12.8. The number of furan rings is 1. The van der Waals surface area contributed by atoms with Crippen molar-refractivity contribution >= 4 is 17.7 Å². The zero-order chi connectivity index (χ0) is 20.8. The molecule has 150 valence electrons. The number of aryl methyl sites for hydroxylation is 1. The fraction of sp³-hybridized carbons (Fsp3) is 0.0870. The highest BCUT2D eigenvalue weighted by molar-refractivity contribution is 7.99. The number of amides is 1.